The van der Waals surface area contributed by atoms with Gasteiger partial charge in [0, 0.05) is 44.0 Å². The summed E-state index contributed by atoms with van der Waals surface area (Å²) in [6, 6.07) is 6.73. The lowest BCUT2D eigenvalue weighted by molar-refractivity contribution is 0.115. The maximum Gasteiger partial charge on any atom is 0.144 e. The lowest BCUT2D eigenvalue weighted by Gasteiger charge is -2.43. The number of benzene rings is 1. The minimum absolute atomic E-state index is 0.755. The molecule has 6 nitrogen and oxygen atoms in total. The molecule has 2 saturated heterocycles. The summed E-state index contributed by atoms with van der Waals surface area (Å²) in [5, 5.41) is 0. The first-order valence-corrected chi connectivity index (χ1v) is 10.4. The van der Waals surface area contributed by atoms with Crippen molar-refractivity contribution in [1.29, 1.82) is 0 Å². The number of hydrogen-bond acceptors (Lipinski definition) is 6. The molecule has 0 radical (unpaired) electrons. The Hall–Kier alpha value is -1.76. The molecule has 160 valence electrons. The number of likely N-dealkylation sites (tertiary alicyclic amines) is 1. The second kappa shape index (κ2) is 13.4. The molecule has 0 amide bonds. The Morgan fingerprint density at radius 3 is 2.18 bits per heavy atom. The molecule has 4 N–H and O–H groups in total. The minimum atomic E-state index is 0.755. The largest absolute Gasteiger partial charge is 0.495 e. The van der Waals surface area contributed by atoms with Crippen LogP contribution in [0, 0.1) is 0 Å². The standard InChI is InChI=1S/C17H28N4O.C4H8.CH5N/c1-19-7-5-15(6-8-19)20-9-11-21(12-10-20)16-4-3-14(18)13-17(16)22-2;1-3-4-2;1-2/h3-4,13,15H,5-12,18H2,1-2H3;3H,1,4H2,2H3;2H2,1H3. The van der Waals surface area contributed by atoms with Gasteiger partial charge in [0.25, 0.3) is 0 Å². The highest BCUT2D eigenvalue weighted by molar-refractivity contribution is 5.64. The van der Waals surface area contributed by atoms with E-state index in [9.17, 15) is 0 Å². The molecule has 2 aliphatic heterocycles. The van der Waals surface area contributed by atoms with Gasteiger partial charge in [-0.15, -0.1) is 6.58 Å². The van der Waals surface area contributed by atoms with Gasteiger partial charge in [-0.05, 0) is 58.6 Å². The Kier molecular flexibility index (Phi) is 11.6. The zero-order valence-electron chi connectivity index (χ0n) is 18.4. The van der Waals surface area contributed by atoms with Crippen LogP contribution in [0.15, 0.2) is 30.9 Å². The molecule has 1 aromatic rings. The van der Waals surface area contributed by atoms with Gasteiger partial charge in [-0.2, -0.15) is 0 Å². The highest BCUT2D eigenvalue weighted by Crippen LogP contribution is 2.31. The van der Waals surface area contributed by atoms with E-state index in [2.05, 4.69) is 47.1 Å². The minimum Gasteiger partial charge on any atom is -0.495 e. The van der Waals surface area contributed by atoms with Gasteiger partial charge in [-0.3, -0.25) is 4.90 Å². The molecule has 0 aliphatic carbocycles. The van der Waals surface area contributed by atoms with E-state index in [1.165, 1.54) is 38.7 Å². The fourth-order valence-electron chi connectivity index (χ4n) is 3.64. The van der Waals surface area contributed by atoms with Gasteiger partial charge in [0.15, 0.2) is 0 Å². The number of nitrogens with two attached hydrogens (primary N) is 2. The monoisotopic (exact) mass is 391 g/mol. The molecule has 0 bridgehead atoms. The Morgan fingerprint density at radius 2 is 1.68 bits per heavy atom. The number of hydrogen-bond donors (Lipinski definition) is 2. The third kappa shape index (κ3) is 7.34. The number of rotatable bonds is 4. The number of ether oxygens (including phenoxy) is 1. The van der Waals surface area contributed by atoms with Gasteiger partial charge >= 0.3 is 0 Å². The molecule has 1 aromatic carbocycles. The molecular formula is C22H41N5O. The molecule has 6 heteroatoms. The van der Waals surface area contributed by atoms with E-state index >= 15 is 0 Å². The maximum absolute atomic E-state index is 5.85. The fraction of sp³-hybridized carbons (Fsp3) is 0.636. The lowest BCUT2D eigenvalue weighted by Crippen LogP contribution is -2.53. The van der Waals surface area contributed by atoms with Crippen LogP contribution in [0.4, 0.5) is 11.4 Å². The Labute approximate surface area is 172 Å². The number of nitrogen functional groups attached to an aromatic ring is 1. The predicted molar refractivity (Wildman–Crippen MR) is 122 cm³/mol. The molecule has 28 heavy (non-hydrogen) atoms. The topological polar surface area (TPSA) is 71.0 Å². The number of anilines is 2. The van der Waals surface area contributed by atoms with E-state index in [-0.39, 0.29) is 0 Å². The molecule has 2 aliphatic rings. The normalized spacial score (nSPS) is 18.4. The number of piperidine rings is 1. The molecule has 3 rings (SSSR count). The molecule has 0 atom stereocenters. The zero-order valence-corrected chi connectivity index (χ0v) is 18.4. The number of methoxy groups -OCH3 is 1. The van der Waals surface area contributed by atoms with Crippen molar-refractivity contribution in [3.05, 3.63) is 30.9 Å². The van der Waals surface area contributed by atoms with Crippen molar-refractivity contribution in [3.63, 3.8) is 0 Å². The summed E-state index contributed by atoms with van der Waals surface area (Å²) >= 11 is 0. The van der Waals surface area contributed by atoms with Crippen molar-refractivity contribution in [2.75, 3.05) is 71.1 Å². The van der Waals surface area contributed by atoms with Crippen LogP contribution in [-0.2, 0) is 0 Å². The Morgan fingerprint density at radius 1 is 1.11 bits per heavy atom. The van der Waals surface area contributed by atoms with Gasteiger partial charge in [-0.25, -0.2) is 0 Å². The second-order valence-corrected chi connectivity index (χ2v) is 7.19. The summed E-state index contributed by atoms with van der Waals surface area (Å²) < 4.78 is 5.49. The van der Waals surface area contributed by atoms with Crippen LogP contribution in [-0.4, -0.2) is 76.3 Å². The number of piperazine rings is 1. The predicted octanol–water partition coefficient (Wildman–Crippen LogP) is 2.65. The summed E-state index contributed by atoms with van der Waals surface area (Å²) in [6.07, 6.45) is 5.57. The molecule has 0 spiro atoms. The maximum atomic E-state index is 5.85. The van der Waals surface area contributed by atoms with Crippen LogP contribution in [0.3, 0.4) is 0 Å². The summed E-state index contributed by atoms with van der Waals surface area (Å²) in [5.41, 5.74) is 12.3. The number of allylic oxidation sites excluding steroid dienone is 1. The van der Waals surface area contributed by atoms with Crippen molar-refractivity contribution in [2.24, 2.45) is 5.73 Å². The van der Waals surface area contributed by atoms with E-state index in [1.807, 2.05) is 18.2 Å². The Balaban J connectivity index is 0.000000583. The average molecular weight is 392 g/mol. The van der Waals surface area contributed by atoms with E-state index in [0.717, 1.165) is 50.1 Å². The smallest absolute Gasteiger partial charge is 0.144 e. The highest BCUT2D eigenvalue weighted by Gasteiger charge is 2.27. The van der Waals surface area contributed by atoms with Crippen LogP contribution >= 0.6 is 0 Å². The summed E-state index contributed by atoms with van der Waals surface area (Å²) in [6.45, 7) is 12.4. The quantitative estimate of drug-likeness (QED) is 0.607. The van der Waals surface area contributed by atoms with E-state index < -0.39 is 0 Å². The third-order valence-electron chi connectivity index (χ3n) is 5.35. The van der Waals surface area contributed by atoms with Gasteiger partial charge < -0.3 is 26.0 Å². The second-order valence-electron chi connectivity index (χ2n) is 7.19. The van der Waals surface area contributed by atoms with Crippen LogP contribution in [0.2, 0.25) is 0 Å². The number of nitrogens with zero attached hydrogens (tertiary/aromatic N) is 3. The highest BCUT2D eigenvalue weighted by atomic mass is 16.5. The summed E-state index contributed by atoms with van der Waals surface area (Å²) in [4.78, 5) is 7.53. The van der Waals surface area contributed by atoms with Gasteiger partial charge in [0.1, 0.15) is 5.75 Å². The molecular weight excluding hydrogens is 350 g/mol. The third-order valence-corrected chi connectivity index (χ3v) is 5.35. The molecule has 0 unspecified atom stereocenters. The average Bonchev–Trinajstić information content (AvgIpc) is 2.76. The van der Waals surface area contributed by atoms with E-state index in [1.54, 1.807) is 7.11 Å². The van der Waals surface area contributed by atoms with Gasteiger partial charge in [-0.1, -0.05) is 13.0 Å². The summed E-state index contributed by atoms with van der Waals surface area (Å²) in [5.74, 6) is 0.882. The first-order chi connectivity index (χ1) is 13.6. The molecule has 2 fully saturated rings. The van der Waals surface area contributed by atoms with Crippen molar-refractivity contribution < 1.29 is 4.74 Å². The van der Waals surface area contributed by atoms with Crippen LogP contribution in [0.1, 0.15) is 26.2 Å². The Bertz CT molecular complexity index is 550. The van der Waals surface area contributed by atoms with Crippen LogP contribution in [0.5, 0.6) is 5.75 Å². The van der Waals surface area contributed by atoms with Crippen LogP contribution in [0.25, 0.3) is 0 Å². The van der Waals surface area contributed by atoms with Crippen molar-refractivity contribution in [3.8, 4) is 5.75 Å². The SMILES string of the molecule is C=CCC.CN.COc1cc(N)ccc1N1CCN(C2CCN(C)CC2)CC1. The lowest BCUT2D eigenvalue weighted by atomic mass is 10.0. The fourth-order valence-corrected chi connectivity index (χ4v) is 3.64. The molecule has 0 aromatic heterocycles. The van der Waals surface area contributed by atoms with Crippen molar-refractivity contribution >= 4 is 11.4 Å². The molecule has 0 saturated carbocycles. The molecule has 2 heterocycles. The van der Waals surface area contributed by atoms with Gasteiger partial charge in [0.05, 0.1) is 12.8 Å². The van der Waals surface area contributed by atoms with Crippen molar-refractivity contribution in [2.45, 2.75) is 32.2 Å². The van der Waals surface area contributed by atoms with E-state index in [4.69, 9.17) is 10.5 Å². The first-order valence-electron chi connectivity index (χ1n) is 10.4. The summed E-state index contributed by atoms with van der Waals surface area (Å²) in [7, 11) is 5.44. The van der Waals surface area contributed by atoms with Crippen molar-refractivity contribution in [1.82, 2.24) is 9.80 Å². The zero-order chi connectivity index (χ0) is 20.9. The van der Waals surface area contributed by atoms with E-state index in [0.29, 0.717) is 0 Å². The van der Waals surface area contributed by atoms with Crippen LogP contribution < -0.4 is 21.1 Å². The first kappa shape index (κ1) is 24.3. The van der Waals surface area contributed by atoms with Gasteiger partial charge in [0.2, 0.25) is 0 Å².